The fraction of sp³-hybridized carbons (Fsp3) is 0.786. The number of rotatable bonds is 5. The molecule has 5 heteroatoms. The average Bonchev–Trinajstić information content (AvgIpc) is 2.68. The van der Waals surface area contributed by atoms with Crippen LogP contribution in [0.2, 0.25) is 0 Å². The van der Waals surface area contributed by atoms with E-state index in [0.717, 1.165) is 29.8 Å². The largest absolute Gasteiger partial charge is 0.310 e. The summed E-state index contributed by atoms with van der Waals surface area (Å²) < 4.78 is 3.23. The second-order valence-electron chi connectivity index (χ2n) is 5.42. The lowest BCUT2D eigenvalue weighted by Gasteiger charge is -2.32. The molecule has 0 aromatic carbocycles. The third kappa shape index (κ3) is 3.58. The monoisotopic (exact) mass is 328 g/mol. The second-order valence-corrected chi connectivity index (χ2v) is 6.22. The van der Waals surface area contributed by atoms with Crippen molar-refractivity contribution in [2.24, 2.45) is 0 Å². The molecule has 1 atom stereocenters. The van der Waals surface area contributed by atoms with Gasteiger partial charge in [0, 0.05) is 25.7 Å². The molecule has 0 saturated carbocycles. The van der Waals surface area contributed by atoms with Crippen LogP contribution < -0.4 is 5.32 Å². The van der Waals surface area contributed by atoms with E-state index in [-0.39, 0.29) is 0 Å². The normalized spacial score (nSPS) is 20.9. The molecule has 0 spiro atoms. The lowest BCUT2D eigenvalue weighted by molar-refractivity contribution is 0.181. The van der Waals surface area contributed by atoms with Gasteiger partial charge in [0.15, 0.2) is 0 Å². The van der Waals surface area contributed by atoms with Crippen molar-refractivity contribution in [3.05, 3.63) is 15.9 Å². The van der Waals surface area contributed by atoms with Crippen LogP contribution in [0.4, 0.5) is 0 Å². The van der Waals surface area contributed by atoms with Crippen molar-refractivity contribution in [3.8, 4) is 0 Å². The average molecular weight is 329 g/mol. The maximum absolute atomic E-state index is 4.53. The Morgan fingerprint density at radius 2 is 2.21 bits per heavy atom. The van der Waals surface area contributed by atoms with E-state index in [1.165, 1.54) is 31.5 Å². The summed E-state index contributed by atoms with van der Waals surface area (Å²) in [6.07, 6.45) is 4.03. The Hall–Kier alpha value is -0.390. The first-order valence-corrected chi connectivity index (χ1v) is 8.05. The van der Waals surface area contributed by atoms with Crippen LogP contribution in [0, 0.1) is 6.92 Å². The summed E-state index contributed by atoms with van der Waals surface area (Å²) in [6.45, 7) is 8.30. The summed E-state index contributed by atoms with van der Waals surface area (Å²) >= 11 is 3.65. The Labute approximate surface area is 124 Å². The maximum Gasteiger partial charge on any atom is 0.0739 e. The van der Waals surface area contributed by atoms with E-state index in [1.807, 2.05) is 0 Å². The fourth-order valence-corrected chi connectivity index (χ4v) is 3.22. The highest BCUT2D eigenvalue weighted by molar-refractivity contribution is 9.10. The quantitative estimate of drug-likeness (QED) is 0.901. The zero-order chi connectivity index (χ0) is 13.8. The van der Waals surface area contributed by atoms with E-state index in [0.29, 0.717) is 6.04 Å². The van der Waals surface area contributed by atoms with Crippen molar-refractivity contribution in [3.63, 3.8) is 0 Å². The number of piperidine rings is 1. The fourth-order valence-electron chi connectivity index (χ4n) is 2.80. The standard InChI is InChI=1S/C14H25BrN4/c1-4-19-13(14(15)11(2)17-19)10-16-9-12-7-5-6-8-18(12)3/h12,16H,4-10H2,1-3H3. The van der Waals surface area contributed by atoms with Crippen molar-refractivity contribution >= 4 is 15.9 Å². The van der Waals surface area contributed by atoms with Crippen molar-refractivity contribution in [1.29, 1.82) is 0 Å². The molecule has 1 unspecified atom stereocenters. The van der Waals surface area contributed by atoms with Crippen molar-refractivity contribution in [2.75, 3.05) is 20.1 Å². The van der Waals surface area contributed by atoms with Crippen LogP contribution in [0.15, 0.2) is 4.47 Å². The van der Waals surface area contributed by atoms with Gasteiger partial charge in [0.1, 0.15) is 0 Å². The molecule has 2 rings (SSSR count). The van der Waals surface area contributed by atoms with Crippen molar-refractivity contribution in [2.45, 2.75) is 52.2 Å². The first kappa shape index (κ1) is 15.0. The van der Waals surface area contributed by atoms with E-state index in [2.05, 4.69) is 56.8 Å². The molecule has 1 aromatic heterocycles. The zero-order valence-electron chi connectivity index (χ0n) is 12.2. The number of hydrogen-bond donors (Lipinski definition) is 1. The summed E-state index contributed by atoms with van der Waals surface area (Å²) in [6, 6.07) is 0.687. The van der Waals surface area contributed by atoms with Crippen LogP contribution in [0.1, 0.15) is 37.6 Å². The van der Waals surface area contributed by atoms with E-state index in [1.54, 1.807) is 0 Å². The molecule has 1 aliphatic rings. The molecule has 19 heavy (non-hydrogen) atoms. The third-order valence-corrected chi connectivity index (χ3v) is 5.08. The topological polar surface area (TPSA) is 33.1 Å². The minimum atomic E-state index is 0.687. The van der Waals surface area contributed by atoms with Gasteiger partial charge in [-0.3, -0.25) is 4.68 Å². The highest BCUT2D eigenvalue weighted by Gasteiger charge is 2.19. The van der Waals surface area contributed by atoms with Gasteiger partial charge in [-0.05, 0) is 56.2 Å². The number of nitrogens with zero attached hydrogens (tertiary/aromatic N) is 3. The Kier molecular flexibility index (Phi) is 5.42. The number of likely N-dealkylation sites (tertiary alicyclic amines) is 1. The van der Waals surface area contributed by atoms with Gasteiger partial charge < -0.3 is 10.2 Å². The molecular weight excluding hydrogens is 304 g/mol. The van der Waals surface area contributed by atoms with E-state index in [9.17, 15) is 0 Å². The third-order valence-electron chi connectivity index (χ3n) is 4.05. The first-order chi connectivity index (χ1) is 9.13. The molecule has 108 valence electrons. The van der Waals surface area contributed by atoms with Gasteiger partial charge >= 0.3 is 0 Å². The number of nitrogens with one attached hydrogen (secondary N) is 1. The van der Waals surface area contributed by atoms with Crippen LogP contribution in [-0.2, 0) is 13.1 Å². The van der Waals surface area contributed by atoms with Crippen molar-refractivity contribution < 1.29 is 0 Å². The molecule has 1 N–H and O–H groups in total. The number of aromatic nitrogens is 2. The lowest BCUT2D eigenvalue weighted by atomic mass is 10.0. The van der Waals surface area contributed by atoms with Crippen LogP contribution >= 0.6 is 15.9 Å². The van der Waals surface area contributed by atoms with Crippen LogP contribution in [-0.4, -0.2) is 40.9 Å². The van der Waals surface area contributed by atoms with Gasteiger partial charge in [-0.15, -0.1) is 0 Å². The SMILES string of the molecule is CCn1nc(C)c(Br)c1CNCC1CCCCN1C. The highest BCUT2D eigenvalue weighted by Crippen LogP contribution is 2.21. The van der Waals surface area contributed by atoms with Crippen LogP contribution in [0.3, 0.4) is 0 Å². The summed E-state index contributed by atoms with van der Waals surface area (Å²) in [5.74, 6) is 0. The Bertz CT molecular complexity index is 416. The van der Waals surface area contributed by atoms with E-state index < -0.39 is 0 Å². The molecule has 0 amide bonds. The van der Waals surface area contributed by atoms with Crippen molar-refractivity contribution in [1.82, 2.24) is 20.0 Å². The predicted octanol–water partition coefficient (Wildman–Crippen LogP) is 2.55. The van der Waals surface area contributed by atoms with Crippen LogP contribution in [0.5, 0.6) is 0 Å². The minimum absolute atomic E-state index is 0.687. The molecule has 1 aliphatic heterocycles. The second kappa shape index (κ2) is 6.86. The molecule has 1 aromatic rings. The summed E-state index contributed by atoms with van der Waals surface area (Å²) in [5.41, 5.74) is 2.34. The van der Waals surface area contributed by atoms with E-state index >= 15 is 0 Å². The van der Waals surface area contributed by atoms with Gasteiger partial charge in [0.05, 0.1) is 15.9 Å². The van der Waals surface area contributed by atoms with Gasteiger partial charge in [0.25, 0.3) is 0 Å². The molecule has 0 radical (unpaired) electrons. The first-order valence-electron chi connectivity index (χ1n) is 7.26. The Morgan fingerprint density at radius 3 is 2.89 bits per heavy atom. The Balaban J connectivity index is 1.88. The predicted molar refractivity (Wildman–Crippen MR) is 82.3 cm³/mol. The number of likely N-dealkylation sites (N-methyl/N-ethyl adjacent to an activating group) is 1. The molecule has 1 fully saturated rings. The molecule has 1 saturated heterocycles. The summed E-state index contributed by atoms with van der Waals surface area (Å²) in [4.78, 5) is 2.48. The molecule has 0 bridgehead atoms. The molecular formula is C14H25BrN4. The number of hydrogen-bond acceptors (Lipinski definition) is 3. The molecule has 0 aliphatic carbocycles. The van der Waals surface area contributed by atoms with E-state index in [4.69, 9.17) is 0 Å². The number of halogens is 1. The lowest BCUT2D eigenvalue weighted by Crippen LogP contribution is -2.43. The highest BCUT2D eigenvalue weighted by atomic mass is 79.9. The van der Waals surface area contributed by atoms with Crippen LogP contribution in [0.25, 0.3) is 0 Å². The summed E-state index contributed by atoms with van der Waals surface area (Å²) in [5, 5.41) is 8.13. The summed E-state index contributed by atoms with van der Waals surface area (Å²) in [7, 11) is 2.24. The Morgan fingerprint density at radius 1 is 1.42 bits per heavy atom. The smallest absolute Gasteiger partial charge is 0.0739 e. The van der Waals surface area contributed by atoms with Gasteiger partial charge in [0.2, 0.25) is 0 Å². The minimum Gasteiger partial charge on any atom is -0.310 e. The zero-order valence-corrected chi connectivity index (χ0v) is 13.8. The molecule has 2 heterocycles. The maximum atomic E-state index is 4.53. The van der Waals surface area contributed by atoms with Gasteiger partial charge in [-0.1, -0.05) is 6.42 Å². The number of aryl methyl sites for hydroxylation is 2. The molecule has 4 nitrogen and oxygen atoms in total. The van der Waals surface area contributed by atoms with Gasteiger partial charge in [-0.25, -0.2) is 0 Å². The van der Waals surface area contributed by atoms with Gasteiger partial charge in [-0.2, -0.15) is 5.10 Å².